The lowest BCUT2D eigenvalue weighted by Gasteiger charge is -1.97. The molecule has 0 aromatic heterocycles. The summed E-state index contributed by atoms with van der Waals surface area (Å²) in [5, 5.41) is 18.8. The molecule has 0 spiro atoms. The maximum absolute atomic E-state index is 10.7. The SMILES string of the molecule is N#Cc1ccc([N+](=O)[O-])cc1S(=O)O. The van der Waals surface area contributed by atoms with E-state index in [1.807, 2.05) is 0 Å². The van der Waals surface area contributed by atoms with E-state index in [2.05, 4.69) is 0 Å². The fraction of sp³-hybridized carbons (Fsp3) is 0. The molecule has 0 aliphatic carbocycles. The zero-order valence-electron chi connectivity index (χ0n) is 6.71. The number of nitrogens with zero attached hydrogens (tertiary/aromatic N) is 2. The number of hydrogen-bond acceptors (Lipinski definition) is 4. The van der Waals surface area contributed by atoms with Crippen LogP contribution in [0.5, 0.6) is 0 Å². The summed E-state index contributed by atoms with van der Waals surface area (Å²) in [6.07, 6.45) is 0. The summed E-state index contributed by atoms with van der Waals surface area (Å²) in [5.74, 6) is 0. The molecule has 14 heavy (non-hydrogen) atoms. The summed E-state index contributed by atoms with van der Waals surface area (Å²) in [4.78, 5) is 9.37. The number of hydrogen-bond donors (Lipinski definition) is 1. The van der Waals surface area contributed by atoms with Crippen LogP contribution in [0, 0.1) is 21.4 Å². The maximum Gasteiger partial charge on any atom is 0.270 e. The van der Waals surface area contributed by atoms with Crippen molar-refractivity contribution in [2.24, 2.45) is 0 Å². The van der Waals surface area contributed by atoms with Crippen molar-refractivity contribution >= 4 is 16.8 Å². The van der Waals surface area contributed by atoms with Gasteiger partial charge < -0.3 is 4.55 Å². The third kappa shape index (κ3) is 1.93. The smallest absolute Gasteiger partial charge is 0.270 e. The Hall–Kier alpha value is -1.78. The minimum absolute atomic E-state index is 0.0450. The molecule has 0 aliphatic rings. The van der Waals surface area contributed by atoms with Gasteiger partial charge in [-0.3, -0.25) is 10.1 Å². The Morgan fingerprint density at radius 1 is 1.57 bits per heavy atom. The Labute approximate surface area is 81.2 Å². The number of benzene rings is 1. The first kappa shape index (κ1) is 10.3. The van der Waals surface area contributed by atoms with Crippen LogP contribution in [0.4, 0.5) is 5.69 Å². The van der Waals surface area contributed by atoms with E-state index < -0.39 is 16.0 Å². The van der Waals surface area contributed by atoms with Crippen molar-refractivity contribution in [3.05, 3.63) is 33.9 Å². The Bertz CT molecular complexity index is 451. The Balaban J connectivity index is 3.37. The first-order chi connectivity index (χ1) is 6.56. The highest BCUT2D eigenvalue weighted by Gasteiger charge is 2.13. The fourth-order valence-corrected chi connectivity index (χ4v) is 1.38. The van der Waals surface area contributed by atoms with E-state index >= 15 is 0 Å². The van der Waals surface area contributed by atoms with Gasteiger partial charge in [-0.1, -0.05) is 0 Å². The topological polar surface area (TPSA) is 104 Å². The highest BCUT2D eigenvalue weighted by Crippen LogP contribution is 2.19. The summed E-state index contributed by atoms with van der Waals surface area (Å²) in [6.45, 7) is 0. The molecule has 0 heterocycles. The molecule has 1 aromatic rings. The van der Waals surface area contributed by atoms with E-state index in [4.69, 9.17) is 9.81 Å². The van der Waals surface area contributed by atoms with Crippen LogP contribution in [0.15, 0.2) is 23.1 Å². The van der Waals surface area contributed by atoms with Gasteiger partial charge in [0, 0.05) is 12.1 Å². The molecular formula is C7H4N2O4S. The Kier molecular flexibility index (Phi) is 2.91. The van der Waals surface area contributed by atoms with E-state index in [9.17, 15) is 14.3 Å². The van der Waals surface area contributed by atoms with Gasteiger partial charge in [0.15, 0.2) is 11.1 Å². The van der Waals surface area contributed by atoms with Crippen molar-refractivity contribution < 1.29 is 13.7 Å². The van der Waals surface area contributed by atoms with E-state index in [0.717, 1.165) is 18.2 Å². The van der Waals surface area contributed by atoms with Gasteiger partial charge in [-0.25, -0.2) is 4.21 Å². The largest absolute Gasteiger partial charge is 0.302 e. The van der Waals surface area contributed by atoms with E-state index in [1.165, 1.54) is 0 Å². The molecule has 6 nitrogen and oxygen atoms in total. The monoisotopic (exact) mass is 212 g/mol. The van der Waals surface area contributed by atoms with E-state index in [1.54, 1.807) is 6.07 Å². The van der Waals surface area contributed by atoms with Gasteiger partial charge in [-0.05, 0) is 6.07 Å². The Morgan fingerprint density at radius 3 is 2.64 bits per heavy atom. The normalized spacial score (nSPS) is 11.7. The second-order valence-electron chi connectivity index (χ2n) is 2.30. The van der Waals surface area contributed by atoms with Gasteiger partial charge in [-0.2, -0.15) is 5.26 Å². The molecular weight excluding hydrogens is 208 g/mol. The van der Waals surface area contributed by atoms with Gasteiger partial charge in [-0.15, -0.1) is 0 Å². The lowest BCUT2D eigenvalue weighted by molar-refractivity contribution is -0.385. The zero-order chi connectivity index (χ0) is 10.7. The van der Waals surface area contributed by atoms with Crippen LogP contribution in [0.25, 0.3) is 0 Å². The van der Waals surface area contributed by atoms with Crippen molar-refractivity contribution in [1.82, 2.24) is 0 Å². The van der Waals surface area contributed by atoms with Gasteiger partial charge in [0.05, 0.1) is 15.4 Å². The minimum Gasteiger partial charge on any atom is -0.302 e. The molecule has 1 unspecified atom stereocenters. The van der Waals surface area contributed by atoms with Crippen LogP contribution in [0.3, 0.4) is 0 Å². The second-order valence-corrected chi connectivity index (χ2v) is 3.24. The first-order valence-corrected chi connectivity index (χ1v) is 4.46. The molecule has 0 amide bonds. The van der Waals surface area contributed by atoms with Crippen molar-refractivity contribution in [3.63, 3.8) is 0 Å². The first-order valence-electron chi connectivity index (χ1n) is 3.35. The third-order valence-corrected chi connectivity index (χ3v) is 2.20. The number of nitro benzene ring substituents is 1. The molecule has 0 radical (unpaired) electrons. The van der Waals surface area contributed by atoms with Crippen LogP contribution < -0.4 is 0 Å². The Morgan fingerprint density at radius 2 is 2.21 bits per heavy atom. The molecule has 1 N–H and O–H groups in total. The summed E-state index contributed by atoms with van der Waals surface area (Å²) in [6, 6.07) is 4.83. The van der Waals surface area contributed by atoms with E-state index in [-0.39, 0.29) is 16.1 Å². The summed E-state index contributed by atoms with van der Waals surface area (Å²) >= 11 is -2.39. The molecule has 0 fully saturated rings. The fourth-order valence-electron chi connectivity index (χ4n) is 0.861. The zero-order valence-corrected chi connectivity index (χ0v) is 7.52. The third-order valence-electron chi connectivity index (χ3n) is 1.48. The van der Waals surface area contributed by atoms with Gasteiger partial charge in [0.2, 0.25) is 0 Å². The van der Waals surface area contributed by atoms with Gasteiger partial charge in [0.25, 0.3) is 5.69 Å². The average Bonchev–Trinajstić information content (AvgIpc) is 2.16. The molecule has 0 bridgehead atoms. The number of nitro groups is 1. The lowest BCUT2D eigenvalue weighted by Crippen LogP contribution is -1.96. The summed E-state index contributed by atoms with van der Waals surface area (Å²) in [5.41, 5.74) is -0.363. The van der Waals surface area contributed by atoms with Crippen LogP contribution in [-0.2, 0) is 11.1 Å². The van der Waals surface area contributed by atoms with Gasteiger partial charge >= 0.3 is 0 Å². The molecule has 0 saturated carbocycles. The molecule has 72 valence electrons. The summed E-state index contributed by atoms with van der Waals surface area (Å²) < 4.78 is 19.4. The molecule has 1 atom stereocenters. The second kappa shape index (κ2) is 3.95. The highest BCUT2D eigenvalue weighted by atomic mass is 32.2. The van der Waals surface area contributed by atoms with Crippen molar-refractivity contribution in [2.45, 2.75) is 4.90 Å². The average molecular weight is 212 g/mol. The van der Waals surface area contributed by atoms with Crippen LogP contribution >= 0.6 is 0 Å². The van der Waals surface area contributed by atoms with Gasteiger partial charge in [0.1, 0.15) is 6.07 Å². The number of nitriles is 1. The van der Waals surface area contributed by atoms with Crippen LogP contribution in [0.2, 0.25) is 0 Å². The molecule has 1 rings (SSSR count). The molecule has 1 aromatic carbocycles. The predicted molar refractivity (Wildman–Crippen MR) is 46.8 cm³/mol. The molecule has 7 heteroatoms. The van der Waals surface area contributed by atoms with Crippen LogP contribution in [0.1, 0.15) is 5.56 Å². The van der Waals surface area contributed by atoms with Crippen molar-refractivity contribution in [1.29, 1.82) is 5.26 Å². The number of non-ortho nitro benzene ring substituents is 1. The quantitative estimate of drug-likeness (QED) is 0.448. The van der Waals surface area contributed by atoms with E-state index in [0.29, 0.717) is 0 Å². The standard InChI is InChI=1S/C7H4N2O4S/c8-4-5-1-2-6(9(10)11)3-7(5)14(12)13/h1-3H,(H,12,13). The van der Waals surface area contributed by atoms with Crippen molar-refractivity contribution in [3.8, 4) is 6.07 Å². The maximum atomic E-state index is 10.7. The van der Waals surface area contributed by atoms with Crippen LogP contribution in [-0.4, -0.2) is 13.7 Å². The van der Waals surface area contributed by atoms with Crippen molar-refractivity contribution in [2.75, 3.05) is 0 Å². The lowest BCUT2D eigenvalue weighted by atomic mass is 10.2. The molecule has 0 aliphatic heterocycles. The number of rotatable bonds is 2. The highest BCUT2D eigenvalue weighted by molar-refractivity contribution is 7.79. The predicted octanol–water partition coefficient (Wildman–Crippen LogP) is 1.05. The molecule has 0 saturated heterocycles. The minimum atomic E-state index is -2.39. The summed E-state index contributed by atoms with van der Waals surface area (Å²) in [7, 11) is 0.